The third-order valence-corrected chi connectivity index (χ3v) is 3.95. The maximum atomic E-state index is 5.90. The lowest BCUT2D eigenvalue weighted by molar-refractivity contribution is 0.417. The van der Waals surface area contributed by atoms with Crippen LogP contribution in [0, 0.1) is 0 Å². The molecule has 1 heterocycles. The number of anilines is 2. The topological polar surface area (TPSA) is 51.1 Å². The van der Waals surface area contributed by atoms with Crippen LogP contribution >= 0.6 is 23.8 Å². The number of para-hydroxylation sites is 2. The van der Waals surface area contributed by atoms with Crippen LogP contribution < -0.4 is 15.4 Å². The van der Waals surface area contributed by atoms with Gasteiger partial charge in [-0.1, -0.05) is 35.9 Å². The lowest BCUT2D eigenvalue weighted by Gasteiger charge is -2.12. The smallest absolute Gasteiger partial charge is 0.176 e. The number of nitrogens with one attached hydrogen (secondary N) is 2. The lowest BCUT2D eigenvalue weighted by atomic mass is 10.2. The van der Waals surface area contributed by atoms with Crippen molar-refractivity contribution in [2.24, 2.45) is 0 Å². The first-order valence-electron chi connectivity index (χ1n) is 7.63. The van der Waals surface area contributed by atoms with Crippen molar-refractivity contribution in [3.05, 3.63) is 71.4 Å². The number of ether oxygens (including phenoxy) is 1. The molecule has 0 aliphatic rings. The van der Waals surface area contributed by atoms with Gasteiger partial charge in [0.15, 0.2) is 10.9 Å². The van der Waals surface area contributed by atoms with Gasteiger partial charge in [0.1, 0.15) is 5.75 Å². The molecule has 3 rings (SSSR count). The third kappa shape index (κ3) is 4.71. The summed E-state index contributed by atoms with van der Waals surface area (Å²) in [7, 11) is 1.62. The summed E-state index contributed by atoms with van der Waals surface area (Å²) >= 11 is 11.2. The molecule has 0 atom stereocenters. The predicted molar refractivity (Wildman–Crippen MR) is 106 cm³/mol. The highest BCUT2D eigenvalue weighted by Crippen LogP contribution is 2.23. The van der Waals surface area contributed by atoms with Crippen LogP contribution in [0.3, 0.4) is 0 Å². The van der Waals surface area contributed by atoms with Gasteiger partial charge in [-0.15, -0.1) is 0 Å². The minimum absolute atomic E-state index is 0.446. The Balaban J connectivity index is 1.61. The van der Waals surface area contributed by atoms with E-state index in [2.05, 4.69) is 15.7 Å². The summed E-state index contributed by atoms with van der Waals surface area (Å²) < 4.78 is 7.13. The molecule has 0 fully saturated rings. The van der Waals surface area contributed by atoms with E-state index in [1.807, 2.05) is 65.5 Å². The molecule has 2 aromatic carbocycles. The largest absolute Gasteiger partial charge is 0.495 e. The maximum Gasteiger partial charge on any atom is 0.176 e. The van der Waals surface area contributed by atoms with Gasteiger partial charge in [-0.2, -0.15) is 5.10 Å². The van der Waals surface area contributed by atoms with E-state index < -0.39 is 0 Å². The molecule has 1 aromatic heterocycles. The number of halogens is 1. The van der Waals surface area contributed by atoms with Gasteiger partial charge >= 0.3 is 0 Å². The Kier molecular flexibility index (Phi) is 5.53. The Morgan fingerprint density at radius 3 is 2.64 bits per heavy atom. The molecule has 0 aliphatic heterocycles. The van der Waals surface area contributed by atoms with Gasteiger partial charge in [-0.3, -0.25) is 4.68 Å². The molecule has 0 saturated carbocycles. The average Bonchev–Trinajstić information content (AvgIpc) is 3.04. The van der Waals surface area contributed by atoms with Crippen molar-refractivity contribution in [3.8, 4) is 5.75 Å². The van der Waals surface area contributed by atoms with E-state index >= 15 is 0 Å². The highest BCUT2D eigenvalue weighted by atomic mass is 35.5. The minimum atomic E-state index is 0.446. The van der Waals surface area contributed by atoms with E-state index in [-0.39, 0.29) is 0 Å². The third-order valence-electron chi connectivity index (χ3n) is 3.50. The van der Waals surface area contributed by atoms with Crippen molar-refractivity contribution >= 4 is 40.4 Å². The molecule has 0 saturated heterocycles. The fraction of sp³-hybridized carbons (Fsp3) is 0.111. The quantitative estimate of drug-likeness (QED) is 0.650. The second kappa shape index (κ2) is 8.00. The first-order chi connectivity index (χ1) is 12.1. The van der Waals surface area contributed by atoms with Crippen LogP contribution in [-0.2, 0) is 6.54 Å². The van der Waals surface area contributed by atoms with Crippen LogP contribution in [-0.4, -0.2) is 22.0 Å². The molecular weight excluding hydrogens is 356 g/mol. The van der Waals surface area contributed by atoms with Crippen molar-refractivity contribution in [1.29, 1.82) is 0 Å². The van der Waals surface area contributed by atoms with Crippen molar-refractivity contribution in [3.63, 3.8) is 0 Å². The number of nitrogens with zero attached hydrogens (tertiary/aromatic N) is 2. The molecule has 7 heteroatoms. The minimum Gasteiger partial charge on any atom is -0.495 e. The van der Waals surface area contributed by atoms with Gasteiger partial charge in [0.05, 0.1) is 19.3 Å². The molecule has 0 spiro atoms. The highest BCUT2D eigenvalue weighted by Gasteiger charge is 2.06. The van der Waals surface area contributed by atoms with Gasteiger partial charge in [0.25, 0.3) is 0 Å². The number of aromatic nitrogens is 2. The van der Waals surface area contributed by atoms with Gasteiger partial charge in [0.2, 0.25) is 0 Å². The molecule has 3 aromatic rings. The van der Waals surface area contributed by atoms with Crippen molar-refractivity contribution in [1.82, 2.24) is 9.78 Å². The zero-order valence-electron chi connectivity index (χ0n) is 13.6. The van der Waals surface area contributed by atoms with Gasteiger partial charge in [-0.05, 0) is 42.0 Å². The zero-order valence-corrected chi connectivity index (χ0v) is 15.1. The summed E-state index contributed by atoms with van der Waals surface area (Å²) in [6.45, 7) is 0.658. The molecule has 128 valence electrons. The summed E-state index contributed by atoms with van der Waals surface area (Å²) in [6, 6.07) is 17.1. The average molecular weight is 373 g/mol. The van der Waals surface area contributed by atoms with Crippen LogP contribution in [0.1, 0.15) is 5.56 Å². The SMILES string of the molecule is COc1ccccc1NC(=S)Nc1ccn(Cc2ccc(Cl)cc2)n1. The van der Waals surface area contributed by atoms with Crippen LogP contribution in [0.15, 0.2) is 60.8 Å². The van der Waals surface area contributed by atoms with Gasteiger partial charge in [0, 0.05) is 17.3 Å². The van der Waals surface area contributed by atoms with Crippen LogP contribution in [0.25, 0.3) is 0 Å². The molecule has 0 aliphatic carbocycles. The number of hydrogen-bond donors (Lipinski definition) is 2. The molecular formula is C18H17ClN4OS. The summed E-state index contributed by atoms with van der Waals surface area (Å²) in [5, 5.41) is 11.8. The van der Waals surface area contributed by atoms with E-state index in [4.69, 9.17) is 28.6 Å². The van der Waals surface area contributed by atoms with Crippen LogP contribution in [0.2, 0.25) is 5.02 Å². The van der Waals surface area contributed by atoms with Gasteiger partial charge in [-0.25, -0.2) is 0 Å². The first kappa shape index (κ1) is 17.3. The first-order valence-corrected chi connectivity index (χ1v) is 8.41. The Bertz CT molecular complexity index is 864. The summed E-state index contributed by atoms with van der Waals surface area (Å²) in [5.74, 6) is 1.39. The number of thiocarbonyl (C=S) groups is 1. The van der Waals surface area contributed by atoms with Crippen LogP contribution in [0.4, 0.5) is 11.5 Å². The Hall–Kier alpha value is -2.57. The monoisotopic (exact) mass is 372 g/mol. The number of hydrogen-bond acceptors (Lipinski definition) is 3. The highest BCUT2D eigenvalue weighted by molar-refractivity contribution is 7.80. The molecule has 5 nitrogen and oxygen atoms in total. The predicted octanol–water partition coefficient (Wildman–Crippen LogP) is 4.40. The summed E-state index contributed by atoms with van der Waals surface area (Å²) in [4.78, 5) is 0. The number of rotatable bonds is 5. The van der Waals surface area contributed by atoms with E-state index in [0.717, 1.165) is 22.0 Å². The summed E-state index contributed by atoms with van der Waals surface area (Å²) in [5.41, 5.74) is 1.91. The van der Waals surface area contributed by atoms with Crippen LogP contribution in [0.5, 0.6) is 5.75 Å². The molecule has 0 amide bonds. The van der Waals surface area contributed by atoms with Gasteiger partial charge < -0.3 is 15.4 Å². The van der Waals surface area contributed by atoms with E-state index in [0.29, 0.717) is 17.5 Å². The Morgan fingerprint density at radius 2 is 1.88 bits per heavy atom. The fourth-order valence-electron chi connectivity index (χ4n) is 2.31. The molecule has 0 radical (unpaired) electrons. The van der Waals surface area contributed by atoms with E-state index in [1.54, 1.807) is 7.11 Å². The number of methoxy groups -OCH3 is 1. The molecule has 2 N–H and O–H groups in total. The second-order valence-corrected chi connectivity index (χ2v) is 6.15. The lowest BCUT2D eigenvalue weighted by Crippen LogP contribution is -2.20. The maximum absolute atomic E-state index is 5.90. The second-order valence-electron chi connectivity index (χ2n) is 5.30. The molecule has 0 bridgehead atoms. The molecule has 0 unspecified atom stereocenters. The fourth-order valence-corrected chi connectivity index (χ4v) is 2.65. The standard InChI is InChI=1S/C18H17ClN4OS/c1-24-16-5-3-2-4-15(16)20-18(25)21-17-10-11-23(22-17)12-13-6-8-14(19)9-7-13/h2-11H,12H2,1H3,(H2,20,21,22,25). The summed E-state index contributed by atoms with van der Waals surface area (Å²) in [6.07, 6.45) is 1.89. The van der Waals surface area contributed by atoms with Crippen molar-refractivity contribution in [2.45, 2.75) is 6.54 Å². The Labute approximate surface area is 156 Å². The van der Waals surface area contributed by atoms with E-state index in [1.165, 1.54) is 0 Å². The zero-order chi connectivity index (χ0) is 17.6. The Morgan fingerprint density at radius 1 is 1.12 bits per heavy atom. The normalized spacial score (nSPS) is 10.3. The van der Waals surface area contributed by atoms with Crippen molar-refractivity contribution < 1.29 is 4.74 Å². The number of benzene rings is 2. The van der Waals surface area contributed by atoms with Crippen molar-refractivity contribution in [2.75, 3.05) is 17.7 Å². The molecule has 25 heavy (non-hydrogen) atoms. The van der Waals surface area contributed by atoms with E-state index in [9.17, 15) is 0 Å².